The van der Waals surface area contributed by atoms with Crippen LogP contribution in [0.1, 0.15) is 31.9 Å². The molecule has 0 fully saturated rings. The fourth-order valence-electron chi connectivity index (χ4n) is 1.11. The predicted molar refractivity (Wildman–Crippen MR) is 59.9 cm³/mol. The van der Waals surface area contributed by atoms with Gasteiger partial charge in [-0.1, -0.05) is 44.0 Å². The van der Waals surface area contributed by atoms with E-state index in [4.69, 9.17) is 28.5 Å². The molecule has 1 nitrogen and oxygen atoms in total. The van der Waals surface area contributed by atoms with Crippen LogP contribution in [0.25, 0.3) is 0 Å². The molecule has 1 rings (SSSR count). The van der Waals surface area contributed by atoms with Crippen molar-refractivity contribution in [3.8, 4) is 6.07 Å². The molecule has 1 aromatic rings. The Morgan fingerprint density at radius 3 is 1.86 bits per heavy atom. The van der Waals surface area contributed by atoms with Gasteiger partial charge < -0.3 is 0 Å². The highest BCUT2D eigenvalue weighted by Gasteiger charge is 2.17. The Balaban J connectivity index is 3.37. The lowest BCUT2D eigenvalue weighted by Crippen LogP contribution is -2.11. The first kappa shape index (κ1) is 11.4. The van der Waals surface area contributed by atoms with E-state index < -0.39 is 0 Å². The van der Waals surface area contributed by atoms with E-state index in [-0.39, 0.29) is 5.41 Å². The Morgan fingerprint density at radius 2 is 1.57 bits per heavy atom. The van der Waals surface area contributed by atoms with Crippen LogP contribution in [-0.4, -0.2) is 0 Å². The van der Waals surface area contributed by atoms with Crippen molar-refractivity contribution in [2.75, 3.05) is 0 Å². The third kappa shape index (κ3) is 2.20. The molecule has 0 spiro atoms. The summed E-state index contributed by atoms with van der Waals surface area (Å²) in [4.78, 5) is 0. The minimum absolute atomic E-state index is 0.0126. The van der Waals surface area contributed by atoms with Crippen LogP contribution in [0.3, 0.4) is 0 Å². The van der Waals surface area contributed by atoms with E-state index in [1.165, 1.54) is 0 Å². The Morgan fingerprint density at radius 1 is 1.14 bits per heavy atom. The summed E-state index contributed by atoms with van der Waals surface area (Å²) in [5.74, 6) is 0. The van der Waals surface area contributed by atoms with Crippen LogP contribution in [0.2, 0.25) is 10.0 Å². The van der Waals surface area contributed by atoms with Crippen LogP contribution in [0, 0.1) is 11.3 Å². The lowest BCUT2D eigenvalue weighted by molar-refractivity contribution is 0.590. The molecular weight excluding hydrogens is 217 g/mol. The average molecular weight is 228 g/mol. The van der Waals surface area contributed by atoms with Crippen molar-refractivity contribution in [3.05, 3.63) is 33.3 Å². The maximum Gasteiger partial charge on any atom is 0.102 e. The van der Waals surface area contributed by atoms with Gasteiger partial charge in [0, 0.05) is 0 Å². The van der Waals surface area contributed by atoms with Crippen molar-refractivity contribution in [3.63, 3.8) is 0 Å². The van der Waals surface area contributed by atoms with Crippen LogP contribution in [0.15, 0.2) is 12.1 Å². The molecule has 0 saturated heterocycles. The van der Waals surface area contributed by atoms with Crippen molar-refractivity contribution in [2.45, 2.75) is 26.2 Å². The second-order valence-corrected chi connectivity index (χ2v) is 4.99. The number of hydrogen-bond donors (Lipinski definition) is 0. The van der Waals surface area contributed by atoms with Crippen LogP contribution in [0.4, 0.5) is 0 Å². The highest BCUT2D eigenvalue weighted by atomic mass is 35.5. The number of hydrogen-bond acceptors (Lipinski definition) is 1. The smallest absolute Gasteiger partial charge is 0.102 e. The quantitative estimate of drug-likeness (QED) is 0.653. The van der Waals surface area contributed by atoms with Gasteiger partial charge in [0.15, 0.2) is 0 Å². The molecule has 0 bridgehead atoms. The largest absolute Gasteiger partial charge is 0.192 e. The molecule has 0 unspecified atom stereocenters. The molecule has 0 aliphatic carbocycles. The Bertz CT molecular complexity index is 374. The summed E-state index contributed by atoms with van der Waals surface area (Å²) in [7, 11) is 0. The molecular formula is C11H11Cl2N. The highest BCUT2D eigenvalue weighted by molar-refractivity contribution is 6.36. The van der Waals surface area contributed by atoms with E-state index in [0.717, 1.165) is 5.56 Å². The van der Waals surface area contributed by atoms with Gasteiger partial charge in [0.2, 0.25) is 0 Å². The van der Waals surface area contributed by atoms with Gasteiger partial charge in [-0.3, -0.25) is 0 Å². The summed E-state index contributed by atoms with van der Waals surface area (Å²) in [6.45, 7) is 6.21. The first-order valence-corrected chi connectivity index (χ1v) is 5.01. The third-order valence-corrected chi connectivity index (χ3v) is 2.62. The number of nitrogens with zero attached hydrogens (tertiary/aromatic N) is 1. The fourth-order valence-corrected chi connectivity index (χ4v) is 1.68. The Hall–Kier alpha value is -0.710. The topological polar surface area (TPSA) is 23.8 Å². The summed E-state index contributed by atoms with van der Waals surface area (Å²) in [5.41, 5.74) is 1.37. The maximum atomic E-state index is 8.77. The van der Waals surface area contributed by atoms with Crippen molar-refractivity contribution in [1.29, 1.82) is 5.26 Å². The standard InChI is InChI=1S/C11H11Cl2N/c1-11(2,3)7-4-9(12)8(6-14)10(13)5-7/h4-5H,1-3H3. The van der Waals surface area contributed by atoms with Gasteiger partial charge in [0.25, 0.3) is 0 Å². The molecule has 0 aromatic heterocycles. The zero-order valence-electron chi connectivity index (χ0n) is 8.36. The summed E-state index contributed by atoms with van der Waals surface area (Å²) in [6.07, 6.45) is 0. The minimum Gasteiger partial charge on any atom is -0.192 e. The van der Waals surface area contributed by atoms with E-state index in [9.17, 15) is 0 Å². The molecule has 14 heavy (non-hydrogen) atoms. The monoisotopic (exact) mass is 227 g/mol. The number of benzene rings is 1. The van der Waals surface area contributed by atoms with Crippen LogP contribution < -0.4 is 0 Å². The Labute approximate surface area is 94.3 Å². The van der Waals surface area contributed by atoms with Gasteiger partial charge in [-0.2, -0.15) is 5.26 Å². The highest BCUT2D eigenvalue weighted by Crippen LogP contribution is 2.31. The zero-order valence-corrected chi connectivity index (χ0v) is 9.87. The number of halogens is 2. The lowest BCUT2D eigenvalue weighted by Gasteiger charge is -2.19. The predicted octanol–water partition coefficient (Wildman–Crippen LogP) is 4.16. The first-order valence-electron chi connectivity index (χ1n) is 4.26. The van der Waals surface area contributed by atoms with Gasteiger partial charge in [-0.25, -0.2) is 0 Å². The third-order valence-electron chi connectivity index (χ3n) is 2.02. The van der Waals surface area contributed by atoms with Gasteiger partial charge in [-0.05, 0) is 23.1 Å². The summed E-state index contributed by atoms with van der Waals surface area (Å²) >= 11 is 11.9. The summed E-state index contributed by atoms with van der Waals surface area (Å²) < 4.78 is 0. The molecule has 0 atom stereocenters. The van der Waals surface area contributed by atoms with Crippen molar-refractivity contribution in [2.24, 2.45) is 0 Å². The van der Waals surface area contributed by atoms with Crippen molar-refractivity contribution < 1.29 is 0 Å². The Kier molecular flexibility index (Phi) is 3.09. The molecule has 3 heteroatoms. The van der Waals surface area contributed by atoms with E-state index in [0.29, 0.717) is 15.6 Å². The maximum absolute atomic E-state index is 8.77. The van der Waals surface area contributed by atoms with E-state index >= 15 is 0 Å². The van der Waals surface area contributed by atoms with E-state index in [2.05, 4.69) is 20.8 Å². The molecule has 0 aliphatic heterocycles. The molecule has 0 heterocycles. The van der Waals surface area contributed by atoms with Crippen molar-refractivity contribution >= 4 is 23.2 Å². The normalized spacial score (nSPS) is 11.1. The second-order valence-electron chi connectivity index (χ2n) is 4.18. The number of rotatable bonds is 0. The molecule has 0 amide bonds. The minimum atomic E-state index is -0.0126. The molecule has 0 N–H and O–H groups in total. The van der Waals surface area contributed by atoms with Gasteiger partial charge in [0.05, 0.1) is 15.6 Å². The zero-order chi connectivity index (χ0) is 10.9. The molecule has 0 radical (unpaired) electrons. The van der Waals surface area contributed by atoms with Crippen LogP contribution in [-0.2, 0) is 5.41 Å². The van der Waals surface area contributed by atoms with Gasteiger partial charge in [0.1, 0.15) is 6.07 Å². The molecule has 0 saturated carbocycles. The van der Waals surface area contributed by atoms with Crippen molar-refractivity contribution in [1.82, 2.24) is 0 Å². The molecule has 1 aromatic carbocycles. The first-order chi connectivity index (χ1) is 6.36. The summed E-state index contributed by atoms with van der Waals surface area (Å²) in [5, 5.41) is 9.62. The van der Waals surface area contributed by atoms with E-state index in [1.54, 1.807) is 12.1 Å². The van der Waals surface area contributed by atoms with Crippen LogP contribution in [0.5, 0.6) is 0 Å². The SMILES string of the molecule is CC(C)(C)c1cc(Cl)c(C#N)c(Cl)c1. The fraction of sp³-hybridized carbons (Fsp3) is 0.364. The summed E-state index contributed by atoms with van der Waals surface area (Å²) in [6, 6.07) is 5.57. The average Bonchev–Trinajstić information content (AvgIpc) is 2.01. The van der Waals surface area contributed by atoms with Gasteiger partial charge in [-0.15, -0.1) is 0 Å². The lowest BCUT2D eigenvalue weighted by atomic mass is 9.87. The molecule has 74 valence electrons. The molecule has 0 aliphatic rings. The number of nitriles is 1. The second kappa shape index (κ2) is 3.81. The van der Waals surface area contributed by atoms with Gasteiger partial charge >= 0.3 is 0 Å². The van der Waals surface area contributed by atoms with Crippen LogP contribution >= 0.6 is 23.2 Å². The van der Waals surface area contributed by atoms with E-state index in [1.807, 2.05) is 6.07 Å².